The van der Waals surface area contributed by atoms with E-state index in [0.717, 1.165) is 5.56 Å². The third-order valence-electron chi connectivity index (χ3n) is 2.30. The van der Waals surface area contributed by atoms with Crippen LogP contribution in [0.2, 0.25) is 5.02 Å². The Morgan fingerprint density at radius 3 is 2.82 bits per heavy atom. The van der Waals surface area contributed by atoms with Crippen LogP contribution in [0, 0.1) is 18.3 Å². The van der Waals surface area contributed by atoms with E-state index in [1.165, 1.54) is 0 Å². The van der Waals surface area contributed by atoms with Crippen molar-refractivity contribution in [1.29, 1.82) is 5.26 Å². The Hall–Kier alpha value is -1.73. The van der Waals surface area contributed by atoms with E-state index in [2.05, 4.69) is 10.6 Å². The van der Waals surface area contributed by atoms with Crippen LogP contribution in [-0.4, -0.2) is 12.1 Å². The van der Waals surface area contributed by atoms with Crippen molar-refractivity contribution in [2.75, 3.05) is 5.32 Å². The molecule has 1 aromatic carbocycles. The van der Waals surface area contributed by atoms with E-state index in [1.54, 1.807) is 12.1 Å². The number of urea groups is 1. The molecule has 17 heavy (non-hydrogen) atoms. The number of amides is 2. The quantitative estimate of drug-likeness (QED) is 0.867. The maximum atomic E-state index is 11.5. The summed E-state index contributed by atoms with van der Waals surface area (Å²) in [5.41, 5.74) is 1.55. The summed E-state index contributed by atoms with van der Waals surface area (Å²) in [7, 11) is 0. The van der Waals surface area contributed by atoms with Crippen molar-refractivity contribution in [2.45, 2.75) is 26.3 Å². The molecule has 0 radical (unpaired) electrons. The van der Waals surface area contributed by atoms with Gasteiger partial charge in [-0.05, 0) is 31.0 Å². The Labute approximate surface area is 106 Å². The number of nitriles is 1. The lowest BCUT2D eigenvalue weighted by molar-refractivity contribution is 0.250. The Balaban J connectivity index is 2.62. The van der Waals surface area contributed by atoms with E-state index in [-0.39, 0.29) is 0 Å². The molecule has 1 unspecified atom stereocenters. The molecule has 0 aliphatic carbocycles. The minimum Gasteiger partial charge on any atom is -0.322 e. The summed E-state index contributed by atoms with van der Waals surface area (Å²) in [6.07, 6.45) is 0.568. The number of halogens is 1. The summed E-state index contributed by atoms with van der Waals surface area (Å²) in [6.45, 7) is 3.71. The second-order valence-corrected chi connectivity index (χ2v) is 4.06. The first-order chi connectivity index (χ1) is 8.06. The number of carbonyl (C=O) groups excluding carboxylic acids is 1. The predicted molar refractivity (Wildman–Crippen MR) is 68.0 cm³/mol. The largest absolute Gasteiger partial charge is 0.322 e. The fraction of sp³-hybridized carbons (Fsp3) is 0.333. The molecular formula is C12H14ClN3O. The van der Waals surface area contributed by atoms with E-state index < -0.39 is 12.1 Å². The van der Waals surface area contributed by atoms with Gasteiger partial charge >= 0.3 is 6.03 Å². The van der Waals surface area contributed by atoms with E-state index in [9.17, 15) is 4.79 Å². The van der Waals surface area contributed by atoms with Gasteiger partial charge in [0.25, 0.3) is 0 Å². The molecule has 0 saturated heterocycles. The van der Waals surface area contributed by atoms with Crippen LogP contribution in [0.15, 0.2) is 18.2 Å². The van der Waals surface area contributed by atoms with Gasteiger partial charge in [-0.1, -0.05) is 24.6 Å². The minimum absolute atomic E-state index is 0.404. The third-order valence-corrected chi connectivity index (χ3v) is 2.71. The van der Waals surface area contributed by atoms with Gasteiger partial charge in [-0.2, -0.15) is 5.26 Å². The number of rotatable bonds is 3. The van der Waals surface area contributed by atoms with Gasteiger partial charge < -0.3 is 10.6 Å². The Morgan fingerprint density at radius 2 is 2.29 bits per heavy atom. The number of hydrogen-bond acceptors (Lipinski definition) is 2. The van der Waals surface area contributed by atoms with Gasteiger partial charge in [-0.15, -0.1) is 0 Å². The highest BCUT2D eigenvalue weighted by atomic mass is 35.5. The third kappa shape index (κ3) is 3.97. The fourth-order valence-electron chi connectivity index (χ4n) is 1.22. The standard InChI is InChI=1S/C12H14ClN3O/c1-3-9(7-14)15-12(17)16-10-5-4-8(2)11(13)6-10/h4-6,9H,3H2,1-2H3,(H2,15,16,17). The van der Waals surface area contributed by atoms with Gasteiger partial charge in [-0.3, -0.25) is 0 Å². The fourth-order valence-corrected chi connectivity index (χ4v) is 1.40. The molecule has 0 aliphatic rings. The van der Waals surface area contributed by atoms with Crippen LogP contribution in [0.5, 0.6) is 0 Å². The molecule has 0 saturated carbocycles. The minimum atomic E-state index is -0.476. The Kier molecular flexibility index (Phi) is 4.80. The molecule has 5 heteroatoms. The molecule has 0 aliphatic heterocycles. The first-order valence-electron chi connectivity index (χ1n) is 5.30. The normalized spacial score (nSPS) is 11.4. The molecule has 0 bridgehead atoms. The van der Waals surface area contributed by atoms with Crippen molar-refractivity contribution >= 4 is 23.3 Å². The number of aryl methyl sites for hydroxylation is 1. The zero-order chi connectivity index (χ0) is 12.8. The average molecular weight is 252 g/mol. The lowest BCUT2D eigenvalue weighted by atomic mass is 10.2. The number of carbonyl (C=O) groups is 1. The van der Waals surface area contributed by atoms with Crippen LogP contribution in [0.25, 0.3) is 0 Å². The van der Waals surface area contributed by atoms with Crippen molar-refractivity contribution in [3.05, 3.63) is 28.8 Å². The zero-order valence-corrected chi connectivity index (χ0v) is 10.5. The molecule has 0 fully saturated rings. The second kappa shape index (κ2) is 6.12. The van der Waals surface area contributed by atoms with Gasteiger partial charge in [-0.25, -0.2) is 4.79 Å². The highest BCUT2D eigenvalue weighted by Crippen LogP contribution is 2.19. The molecule has 1 aromatic rings. The smallest absolute Gasteiger partial charge is 0.320 e. The van der Waals surface area contributed by atoms with Crippen LogP contribution >= 0.6 is 11.6 Å². The molecule has 1 atom stereocenters. The van der Waals surface area contributed by atoms with Gasteiger partial charge in [0, 0.05) is 10.7 Å². The van der Waals surface area contributed by atoms with Crippen molar-refractivity contribution < 1.29 is 4.79 Å². The van der Waals surface area contributed by atoms with Crippen molar-refractivity contribution in [1.82, 2.24) is 5.32 Å². The average Bonchev–Trinajstić information content (AvgIpc) is 2.31. The summed E-state index contributed by atoms with van der Waals surface area (Å²) in [5, 5.41) is 14.5. The van der Waals surface area contributed by atoms with Crippen LogP contribution in [0.3, 0.4) is 0 Å². The second-order valence-electron chi connectivity index (χ2n) is 3.65. The van der Waals surface area contributed by atoms with Gasteiger partial charge in [0.1, 0.15) is 6.04 Å². The van der Waals surface area contributed by atoms with Crippen molar-refractivity contribution in [3.8, 4) is 6.07 Å². The molecular weight excluding hydrogens is 238 g/mol. The van der Waals surface area contributed by atoms with E-state index in [0.29, 0.717) is 17.1 Å². The topological polar surface area (TPSA) is 64.9 Å². The zero-order valence-electron chi connectivity index (χ0n) is 9.75. The predicted octanol–water partition coefficient (Wildman–Crippen LogP) is 3.07. The Morgan fingerprint density at radius 1 is 1.59 bits per heavy atom. The number of nitrogens with zero attached hydrogens (tertiary/aromatic N) is 1. The highest BCUT2D eigenvalue weighted by Gasteiger charge is 2.09. The summed E-state index contributed by atoms with van der Waals surface area (Å²) >= 11 is 5.93. The number of anilines is 1. The molecule has 0 spiro atoms. The lowest BCUT2D eigenvalue weighted by Crippen LogP contribution is -2.36. The first-order valence-corrected chi connectivity index (χ1v) is 5.68. The maximum Gasteiger partial charge on any atom is 0.320 e. The Bertz CT molecular complexity index is 454. The van der Waals surface area contributed by atoms with Crippen LogP contribution in [-0.2, 0) is 0 Å². The van der Waals surface area contributed by atoms with Crippen molar-refractivity contribution in [2.24, 2.45) is 0 Å². The molecule has 90 valence electrons. The number of nitrogens with one attached hydrogen (secondary N) is 2. The van der Waals surface area contributed by atoms with Crippen LogP contribution < -0.4 is 10.6 Å². The van der Waals surface area contributed by atoms with Gasteiger partial charge in [0.15, 0.2) is 0 Å². The van der Waals surface area contributed by atoms with Crippen LogP contribution in [0.4, 0.5) is 10.5 Å². The number of benzene rings is 1. The molecule has 0 aromatic heterocycles. The molecule has 2 N–H and O–H groups in total. The monoisotopic (exact) mass is 251 g/mol. The summed E-state index contributed by atoms with van der Waals surface area (Å²) in [5.74, 6) is 0. The van der Waals surface area contributed by atoms with Crippen molar-refractivity contribution in [3.63, 3.8) is 0 Å². The van der Waals surface area contributed by atoms with Gasteiger partial charge in [0.2, 0.25) is 0 Å². The first kappa shape index (κ1) is 13.3. The summed E-state index contributed by atoms with van der Waals surface area (Å²) < 4.78 is 0. The van der Waals surface area contributed by atoms with E-state index in [1.807, 2.05) is 26.0 Å². The lowest BCUT2D eigenvalue weighted by Gasteiger charge is -2.11. The maximum absolute atomic E-state index is 11.5. The molecule has 1 rings (SSSR count). The summed E-state index contributed by atoms with van der Waals surface area (Å²) in [4.78, 5) is 11.5. The highest BCUT2D eigenvalue weighted by molar-refractivity contribution is 6.31. The molecule has 4 nitrogen and oxygen atoms in total. The summed E-state index contributed by atoms with van der Waals surface area (Å²) in [6, 6.07) is 6.36. The van der Waals surface area contributed by atoms with Gasteiger partial charge in [0.05, 0.1) is 6.07 Å². The van der Waals surface area contributed by atoms with E-state index >= 15 is 0 Å². The molecule has 0 heterocycles. The van der Waals surface area contributed by atoms with E-state index in [4.69, 9.17) is 16.9 Å². The van der Waals surface area contributed by atoms with Crippen LogP contribution in [0.1, 0.15) is 18.9 Å². The SMILES string of the molecule is CCC(C#N)NC(=O)Nc1ccc(C)c(Cl)c1. The molecule has 2 amide bonds. The number of hydrogen-bond donors (Lipinski definition) is 2.